The van der Waals surface area contributed by atoms with Crippen molar-refractivity contribution in [2.45, 2.75) is 39.5 Å². The lowest BCUT2D eigenvalue weighted by Crippen LogP contribution is -2.17. The minimum absolute atomic E-state index is 0.0176. The summed E-state index contributed by atoms with van der Waals surface area (Å²) in [7, 11) is 0. The van der Waals surface area contributed by atoms with Gasteiger partial charge in [-0.15, -0.1) is 11.3 Å². The van der Waals surface area contributed by atoms with Crippen LogP contribution in [0.25, 0.3) is 0 Å². The third-order valence-electron chi connectivity index (χ3n) is 3.98. The van der Waals surface area contributed by atoms with Crippen molar-refractivity contribution in [2.75, 3.05) is 5.32 Å². The Morgan fingerprint density at radius 3 is 3.25 bits per heavy atom. The number of carbonyl (C=O) groups is 1. The maximum absolute atomic E-state index is 12.4. The zero-order valence-electron chi connectivity index (χ0n) is 11.8. The molecule has 1 aliphatic carbocycles. The molecule has 1 amide bonds. The van der Waals surface area contributed by atoms with Gasteiger partial charge >= 0.3 is 0 Å². The van der Waals surface area contributed by atoms with Crippen LogP contribution >= 0.6 is 11.3 Å². The van der Waals surface area contributed by atoms with Crippen molar-refractivity contribution in [2.24, 2.45) is 5.92 Å². The first kappa shape index (κ1) is 13.4. The number of nitrogens with zero attached hydrogens (tertiary/aromatic N) is 1. The van der Waals surface area contributed by atoms with Gasteiger partial charge in [0.05, 0.1) is 11.8 Å². The highest BCUT2D eigenvalue weighted by Gasteiger charge is 2.23. The van der Waals surface area contributed by atoms with Gasteiger partial charge in [-0.2, -0.15) is 5.10 Å². The van der Waals surface area contributed by atoms with E-state index in [0.717, 1.165) is 42.1 Å². The van der Waals surface area contributed by atoms with Gasteiger partial charge in [0.2, 0.25) is 0 Å². The van der Waals surface area contributed by atoms with E-state index in [2.05, 4.69) is 22.4 Å². The van der Waals surface area contributed by atoms with Gasteiger partial charge < -0.3 is 5.32 Å². The topological polar surface area (TPSA) is 57.8 Å². The molecule has 0 saturated carbocycles. The third-order valence-corrected chi connectivity index (χ3v) is 5.03. The van der Waals surface area contributed by atoms with Crippen LogP contribution in [0.5, 0.6) is 0 Å². The van der Waals surface area contributed by atoms with Crippen LogP contribution in [0.1, 0.15) is 46.6 Å². The normalized spacial score (nSPS) is 17.8. The highest BCUT2D eigenvalue weighted by atomic mass is 32.1. The van der Waals surface area contributed by atoms with Crippen molar-refractivity contribution >= 4 is 23.1 Å². The average molecular weight is 289 g/mol. The Bertz CT molecular complexity index is 629. The number of amides is 1. The third kappa shape index (κ3) is 2.38. The summed E-state index contributed by atoms with van der Waals surface area (Å²) in [5, 5.41) is 11.8. The van der Waals surface area contributed by atoms with Crippen LogP contribution in [-0.4, -0.2) is 16.1 Å². The molecule has 0 bridgehead atoms. The van der Waals surface area contributed by atoms with Crippen LogP contribution in [0, 0.1) is 5.92 Å². The van der Waals surface area contributed by atoms with E-state index in [-0.39, 0.29) is 5.91 Å². The standard InChI is InChI=1S/C15H19N3OS/c1-3-10-7-16-18-14(10)17-15(19)12-8-20-13-6-9(2)4-5-11(12)13/h7-9H,3-6H2,1-2H3,(H2,16,17,18,19). The smallest absolute Gasteiger partial charge is 0.257 e. The maximum atomic E-state index is 12.4. The van der Waals surface area contributed by atoms with Gasteiger partial charge in [-0.25, -0.2) is 0 Å². The molecule has 3 rings (SSSR count). The van der Waals surface area contributed by atoms with Gasteiger partial charge in [0, 0.05) is 15.8 Å². The van der Waals surface area contributed by atoms with Crippen LogP contribution < -0.4 is 5.32 Å². The predicted octanol–water partition coefficient (Wildman–Crippen LogP) is 3.41. The molecule has 0 aliphatic heterocycles. The number of aryl methyl sites for hydroxylation is 1. The molecule has 0 spiro atoms. The SMILES string of the molecule is CCc1cn[nH]c1NC(=O)c1csc2c1CCC(C)C2. The number of anilines is 1. The van der Waals surface area contributed by atoms with E-state index >= 15 is 0 Å². The molecule has 0 saturated heterocycles. The summed E-state index contributed by atoms with van der Waals surface area (Å²) in [5.74, 6) is 1.44. The molecule has 2 aromatic heterocycles. The molecule has 4 nitrogen and oxygen atoms in total. The molecule has 1 aliphatic rings. The lowest BCUT2D eigenvalue weighted by molar-refractivity contribution is 0.102. The Hall–Kier alpha value is -1.62. The number of aromatic amines is 1. The molecule has 2 N–H and O–H groups in total. The number of H-pyrrole nitrogens is 1. The van der Waals surface area contributed by atoms with E-state index in [9.17, 15) is 4.79 Å². The molecule has 2 aromatic rings. The van der Waals surface area contributed by atoms with Gasteiger partial charge in [0.1, 0.15) is 5.82 Å². The predicted molar refractivity (Wildman–Crippen MR) is 81.4 cm³/mol. The molecule has 5 heteroatoms. The van der Waals surface area contributed by atoms with Gasteiger partial charge in [0.15, 0.2) is 0 Å². The average Bonchev–Trinajstić information content (AvgIpc) is 3.04. The first-order valence-electron chi connectivity index (χ1n) is 7.11. The summed E-state index contributed by atoms with van der Waals surface area (Å²) in [6, 6.07) is 0. The molecule has 0 radical (unpaired) electrons. The number of hydrogen-bond acceptors (Lipinski definition) is 3. The first-order valence-corrected chi connectivity index (χ1v) is 7.99. The van der Waals surface area contributed by atoms with E-state index in [1.165, 1.54) is 16.9 Å². The van der Waals surface area contributed by atoms with Crippen molar-refractivity contribution < 1.29 is 4.79 Å². The fraction of sp³-hybridized carbons (Fsp3) is 0.467. The molecule has 106 valence electrons. The summed E-state index contributed by atoms with van der Waals surface area (Å²) < 4.78 is 0. The van der Waals surface area contributed by atoms with E-state index in [1.54, 1.807) is 17.5 Å². The van der Waals surface area contributed by atoms with Crippen molar-refractivity contribution in [3.8, 4) is 0 Å². The highest BCUT2D eigenvalue weighted by molar-refractivity contribution is 7.10. The van der Waals surface area contributed by atoms with Gasteiger partial charge in [-0.3, -0.25) is 9.89 Å². The van der Waals surface area contributed by atoms with E-state index in [0.29, 0.717) is 0 Å². The molecule has 2 heterocycles. The lowest BCUT2D eigenvalue weighted by Gasteiger charge is -2.18. The summed E-state index contributed by atoms with van der Waals surface area (Å²) in [4.78, 5) is 13.8. The van der Waals surface area contributed by atoms with Crippen molar-refractivity contribution in [1.29, 1.82) is 0 Å². The number of nitrogens with one attached hydrogen (secondary N) is 2. The van der Waals surface area contributed by atoms with Gasteiger partial charge in [0.25, 0.3) is 5.91 Å². The van der Waals surface area contributed by atoms with Crippen LogP contribution in [0.2, 0.25) is 0 Å². The molecule has 0 aromatic carbocycles. The highest BCUT2D eigenvalue weighted by Crippen LogP contribution is 2.33. The largest absolute Gasteiger partial charge is 0.307 e. The second-order valence-corrected chi connectivity index (χ2v) is 6.44. The number of hydrogen-bond donors (Lipinski definition) is 2. The number of fused-ring (bicyclic) bond motifs is 1. The number of rotatable bonds is 3. The Morgan fingerprint density at radius 2 is 2.45 bits per heavy atom. The van der Waals surface area contributed by atoms with Crippen LogP contribution in [0.4, 0.5) is 5.82 Å². The Labute approximate surface area is 122 Å². The second-order valence-electron chi connectivity index (χ2n) is 5.48. The molecule has 0 fully saturated rings. The summed E-state index contributed by atoms with van der Waals surface area (Å²) in [6.45, 7) is 4.33. The fourth-order valence-corrected chi connectivity index (χ4v) is 3.98. The van der Waals surface area contributed by atoms with Crippen LogP contribution in [0.3, 0.4) is 0 Å². The number of carbonyl (C=O) groups excluding carboxylic acids is 1. The van der Waals surface area contributed by atoms with Crippen LogP contribution in [-0.2, 0) is 19.3 Å². The van der Waals surface area contributed by atoms with E-state index < -0.39 is 0 Å². The molecule has 1 unspecified atom stereocenters. The summed E-state index contributed by atoms with van der Waals surface area (Å²) in [5.41, 5.74) is 3.13. The second kappa shape index (κ2) is 5.40. The lowest BCUT2D eigenvalue weighted by atomic mass is 9.88. The maximum Gasteiger partial charge on any atom is 0.257 e. The zero-order valence-corrected chi connectivity index (χ0v) is 12.6. The fourth-order valence-electron chi connectivity index (χ4n) is 2.74. The minimum Gasteiger partial charge on any atom is -0.307 e. The summed E-state index contributed by atoms with van der Waals surface area (Å²) >= 11 is 1.72. The van der Waals surface area contributed by atoms with Crippen molar-refractivity contribution in [3.63, 3.8) is 0 Å². The monoisotopic (exact) mass is 289 g/mol. The minimum atomic E-state index is -0.0176. The summed E-state index contributed by atoms with van der Waals surface area (Å²) in [6.07, 6.45) is 5.92. The first-order chi connectivity index (χ1) is 9.69. The zero-order chi connectivity index (χ0) is 14.1. The molecule has 1 atom stereocenters. The van der Waals surface area contributed by atoms with Crippen molar-refractivity contribution in [3.05, 3.63) is 33.1 Å². The van der Waals surface area contributed by atoms with Crippen LogP contribution in [0.15, 0.2) is 11.6 Å². The Balaban J connectivity index is 1.82. The Morgan fingerprint density at radius 1 is 1.60 bits per heavy atom. The van der Waals surface area contributed by atoms with Gasteiger partial charge in [-0.05, 0) is 37.2 Å². The van der Waals surface area contributed by atoms with E-state index in [4.69, 9.17) is 0 Å². The molecular weight excluding hydrogens is 270 g/mol. The van der Waals surface area contributed by atoms with E-state index in [1.807, 2.05) is 12.3 Å². The Kier molecular flexibility index (Phi) is 3.61. The van der Waals surface area contributed by atoms with Gasteiger partial charge in [-0.1, -0.05) is 13.8 Å². The number of thiophene rings is 1. The quantitative estimate of drug-likeness (QED) is 0.909. The van der Waals surface area contributed by atoms with Crippen molar-refractivity contribution in [1.82, 2.24) is 10.2 Å². The molecular formula is C15H19N3OS. The molecule has 20 heavy (non-hydrogen) atoms. The number of aromatic nitrogens is 2.